The summed E-state index contributed by atoms with van der Waals surface area (Å²) in [7, 11) is 0. The first kappa shape index (κ1) is 13.6. The van der Waals surface area contributed by atoms with Crippen molar-refractivity contribution in [1.29, 1.82) is 0 Å². The van der Waals surface area contributed by atoms with Gasteiger partial charge in [0, 0.05) is 6.04 Å². The lowest BCUT2D eigenvalue weighted by atomic mass is 10.1. The highest BCUT2D eigenvalue weighted by molar-refractivity contribution is 5.31. The van der Waals surface area contributed by atoms with Crippen molar-refractivity contribution in [2.24, 2.45) is 5.73 Å². The predicted molar refractivity (Wildman–Crippen MR) is 74.5 cm³/mol. The predicted octanol–water partition coefficient (Wildman–Crippen LogP) is 3.29. The fourth-order valence-corrected chi connectivity index (χ4v) is 1.89. The van der Waals surface area contributed by atoms with Gasteiger partial charge in [0.15, 0.2) is 11.6 Å². The van der Waals surface area contributed by atoms with Gasteiger partial charge in [0.1, 0.15) is 6.61 Å². The topological polar surface area (TPSA) is 35.2 Å². The van der Waals surface area contributed by atoms with Crippen molar-refractivity contribution < 1.29 is 9.13 Å². The van der Waals surface area contributed by atoms with Gasteiger partial charge in [-0.2, -0.15) is 0 Å². The van der Waals surface area contributed by atoms with Crippen LogP contribution in [0.15, 0.2) is 48.5 Å². The molecule has 2 N–H and O–H groups in total. The van der Waals surface area contributed by atoms with Gasteiger partial charge < -0.3 is 10.5 Å². The van der Waals surface area contributed by atoms with E-state index in [4.69, 9.17) is 10.5 Å². The van der Waals surface area contributed by atoms with E-state index in [1.807, 2.05) is 37.3 Å². The van der Waals surface area contributed by atoms with Crippen molar-refractivity contribution in [2.75, 3.05) is 0 Å². The minimum atomic E-state index is -0.343. The number of hydrogen-bond donors (Lipinski definition) is 1. The molecule has 0 saturated carbocycles. The standard InChI is InChI=1S/C16H18FNO/c1-12(18)9-14-7-8-15(17)16(10-14)19-11-13-5-3-2-4-6-13/h2-8,10,12H,9,11,18H2,1H3. The third kappa shape index (κ3) is 4.07. The van der Waals surface area contributed by atoms with Crippen LogP contribution in [-0.2, 0) is 13.0 Å². The van der Waals surface area contributed by atoms with Crippen LogP contribution in [0.2, 0.25) is 0 Å². The molecular weight excluding hydrogens is 241 g/mol. The third-order valence-electron chi connectivity index (χ3n) is 2.79. The Bertz CT molecular complexity index is 526. The summed E-state index contributed by atoms with van der Waals surface area (Å²) >= 11 is 0. The van der Waals surface area contributed by atoms with Crippen molar-refractivity contribution in [3.63, 3.8) is 0 Å². The Hall–Kier alpha value is -1.87. The third-order valence-corrected chi connectivity index (χ3v) is 2.79. The first-order chi connectivity index (χ1) is 9.15. The fourth-order valence-electron chi connectivity index (χ4n) is 1.89. The zero-order valence-electron chi connectivity index (χ0n) is 11.0. The van der Waals surface area contributed by atoms with Gasteiger partial charge in [0.25, 0.3) is 0 Å². The first-order valence-electron chi connectivity index (χ1n) is 6.36. The van der Waals surface area contributed by atoms with Crippen LogP contribution in [0.4, 0.5) is 4.39 Å². The van der Waals surface area contributed by atoms with Crippen LogP contribution in [-0.4, -0.2) is 6.04 Å². The zero-order valence-corrected chi connectivity index (χ0v) is 11.0. The summed E-state index contributed by atoms with van der Waals surface area (Å²) in [5.41, 5.74) is 7.74. The van der Waals surface area contributed by atoms with Gasteiger partial charge in [-0.3, -0.25) is 0 Å². The largest absolute Gasteiger partial charge is 0.486 e. The summed E-state index contributed by atoms with van der Waals surface area (Å²) in [5, 5.41) is 0. The molecule has 0 aliphatic rings. The normalized spacial score (nSPS) is 12.2. The monoisotopic (exact) mass is 259 g/mol. The second kappa shape index (κ2) is 6.34. The highest BCUT2D eigenvalue weighted by Gasteiger charge is 2.06. The molecule has 2 rings (SSSR count). The number of rotatable bonds is 5. The van der Waals surface area contributed by atoms with E-state index in [0.29, 0.717) is 13.0 Å². The molecule has 0 amide bonds. The average Bonchev–Trinajstić information content (AvgIpc) is 2.40. The quantitative estimate of drug-likeness (QED) is 0.894. The molecule has 1 unspecified atom stereocenters. The van der Waals surface area contributed by atoms with E-state index in [-0.39, 0.29) is 17.6 Å². The van der Waals surface area contributed by atoms with Crippen molar-refractivity contribution in [2.45, 2.75) is 26.0 Å². The molecule has 2 aromatic rings. The van der Waals surface area contributed by atoms with Crippen molar-refractivity contribution in [1.82, 2.24) is 0 Å². The molecule has 2 nitrogen and oxygen atoms in total. The van der Waals surface area contributed by atoms with Gasteiger partial charge in [-0.15, -0.1) is 0 Å². The van der Waals surface area contributed by atoms with E-state index >= 15 is 0 Å². The van der Waals surface area contributed by atoms with E-state index < -0.39 is 0 Å². The summed E-state index contributed by atoms with van der Waals surface area (Å²) in [4.78, 5) is 0. The van der Waals surface area contributed by atoms with Crippen LogP contribution in [0.3, 0.4) is 0 Å². The Balaban J connectivity index is 2.06. The molecule has 3 heteroatoms. The second-order valence-corrected chi connectivity index (χ2v) is 4.72. The average molecular weight is 259 g/mol. The van der Waals surface area contributed by atoms with Gasteiger partial charge >= 0.3 is 0 Å². The molecule has 1 atom stereocenters. The lowest BCUT2D eigenvalue weighted by Crippen LogP contribution is -2.17. The number of benzene rings is 2. The molecule has 0 saturated heterocycles. The maximum atomic E-state index is 13.7. The summed E-state index contributed by atoms with van der Waals surface area (Å²) < 4.78 is 19.2. The van der Waals surface area contributed by atoms with E-state index in [0.717, 1.165) is 11.1 Å². The summed E-state index contributed by atoms with van der Waals surface area (Å²) in [5.74, 6) is -0.0636. The van der Waals surface area contributed by atoms with Crippen LogP contribution >= 0.6 is 0 Å². The SMILES string of the molecule is CC(N)Cc1ccc(F)c(OCc2ccccc2)c1. The van der Waals surface area contributed by atoms with Gasteiger partial charge in [0.05, 0.1) is 0 Å². The maximum absolute atomic E-state index is 13.7. The molecule has 19 heavy (non-hydrogen) atoms. The molecule has 0 aliphatic heterocycles. The number of nitrogens with two attached hydrogens (primary N) is 1. The van der Waals surface area contributed by atoms with Crippen LogP contribution in [0.5, 0.6) is 5.75 Å². The number of ether oxygens (including phenoxy) is 1. The minimum Gasteiger partial charge on any atom is -0.486 e. The van der Waals surface area contributed by atoms with Crippen molar-refractivity contribution in [3.05, 3.63) is 65.5 Å². The molecule has 2 aromatic carbocycles. The first-order valence-corrected chi connectivity index (χ1v) is 6.36. The molecular formula is C16H18FNO. The molecule has 0 spiro atoms. The van der Waals surface area contributed by atoms with Crippen molar-refractivity contribution in [3.8, 4) is 5.75 Å². The fraction of sp³-hybridized carbons (Fsp3) is 0.250. The van der Waals surface area contributed by atoms with E-state index in [2.05, 4.69) is 0 Å². The molecule has 100 valence electrons. The summed E-state index contributed by atoms with van der Waals surface area (Å²) in [6.45, 7) is 2.28. The Morgan fingerprint density at radius 3 is 2.53 bits per heavy atom. The molecule has 0 radical (unpaired) electrons. The second-order valence-electron chi connectivity index (χ2n) is 4.72. The Morgan fingerprint density at radius 2 is 1.84 bits per heavy atom. The van der Waals surface area contributed by atoms with Gasteiger partial charge in [-0.25, -0.2) is 4.39 Å². The lowest BCUT2D eigenvalue weighted by Gasteiger charge is -2.10. The van der Waals surface area contributed by atoms with E-state index in [9.17, 15) is 4.39 Å². The summed E-state index contributed by atoms with van der Waals surface area (Å²) in [6, 6.07) is 14.6. The van der Waals surface area contributed by atoms with E-state index in [1.54, 1.807) is 12.1 Å². The molecule has 0 fully saturated rings. The number of hydrogen-bond acceptors (Lipinski definition) is 2. The molecule has 0 heterocycles. The Kier molecular flexibility index (Phi) is 4.53. The molecule has 0 bridgehead atoms. The van der Waals surface area contributed by atoms with Crippen LogP contribution in [0.25, 0.3) is 0 Å². The smallest absolute Gasteiger partial charge is 0.165 e. The maximum Gasteiger partial charge on any atom is 0.165 e. The highest BCUT2D eigenvalue weighted by Crippen LogP contribution is 2.20. The van der Waals surface area contributed by atoms with Gasteiger partial charge in [-0.05, 0) is 36.6 Å². The molecule has 0 aliphatic carbocycles. The lowest BCUT2D eigenvalue weighted by molar-refractivity contribution is 0.290. The van der Waals surface area contributed by atoms with E-state index in [1.165, 1.54) is 6.07 Å². The van der Waals surface area contributed by atoms with Crippen molar-refractivity contribution >= 4 is 0 Å². The van der Waals surface area contributed by atoms with Gasteiger partial charge in [-0.1, -0.05) is 36.4 Å². The van der Waals surface area contributed by atoms with Crippen LogP contribution in [0.1, 0.15) is 18.1 Å². The van der Waals surface area contributed by atoms with Crippen LogP contribution < -0.4 is 10.5 Å². The van der Waals surface area contributed by atoms with Gasteiger partial charge in [0.2, 0.25) is 0 Å². The highest BCUT2D eigenvalue weighted by atomic mass is 19.1. The minimum absolute atomic E-state index is 0.0486. The molecule has 0 aromatic heterocycles. The Labute approximate surface area is 113 Å². The summed E-state index contributed by atoms with van der Waals surface area (Å²) in [6.07, 6.45) is 0.710. The Morgan fingerprint density at radius 1 is 1.11 bits per heavy atom. The number of halogens is 1. The van der Waals surface area contributed by atoms with Crippen LogP contribution in [0, 0.1) is 5.82 Å². The zero-order chi connectivity index (χ0) is 13.7.